The molecule has 4 heterocycles. The van der Waals surface area contributed by atoms with Crippen molar-refractivity contribution in [3.63, 3.8) is 0 Å². The quantitative estimate of drug-likeness (QED) is 0.480. The Morgan fingerprint density at radius 2 is 2.09 bits per heavy atom. The molecular formula is C24H31N7O4. The first kappa shape index (κ1) is 23.3. The van der Waals surface area contributed by atoms with E-state index in [4.69, 9.17) is 20.2 Å². The molecule has 2 saturated heterocycles. The summed E-state index contributed by atoms with van der Waals surface area (Å²) in [4.78, 5) is 36.6. The number of carbonyl (C=O) groups is 2. The molecule has 0 aliphatic carbocycles. The Labute approximate surface area is 203 Å². The van der Waals surface area contributed by atoms with Gasteiger partial charge in [-0.2, -0.15) is 0 Å². The van der Waals surface area contributed by atoms with Gasteiger partial charge in [-0.15, -0.1) is 0 Å². The number of hydrogen-bond acceptors (Lipinski definition) is 9. The van der Waals surface area contributed by atoms with Gasteiger partial charge in [-0.1, -0.05) is 6.92 Å². The highest BCUT2D eigenvalue weighted by Gasteiger charge is 2.33. The van der Waals surface area contributed by atoms with Crippen LogP contribution < -0.4 is 26.4 Å². The molecule has 35 heavy (non-hydrogen) atoms. The molecule has 5 rings (SSSR count). The van der Waals surface area contributed by atoms with Crippen LogP contribution in [0.15, 0.2) is 18.2 Å². The number of nitrogens with one attached hydrogen (secondary N) is 3. The number of nitrogens with two attached hydrogens (primary N) is 1. The molecule has 1 aromatic carbocycles. The fourth-order valence-electron chi connectivity index (χ4n) is 4.68. The zero-order valence-electron chi connectivity index (χ0n) is 19.8. The van der Waals surface area contributed by atoms with E-state index in [1.165, 1.54) is 0 Å². The van der Waals surface area contributed by atoms with E-state index in [2.05, 4.69) is 20.9 Å². The second-order valence-electron chi connectivity index (χ2n) is 8.97. The summed E-state index contributed by atoms with van der Waals surface area (Å²) in [6.45, 7) is 5.86. The maximum absolute atomic E-state index is 13.3. The molecule has 0 bridgehead atoms. The number of aromatic nitrogens is 2. The average molecular weight is 482 g/mol. The zero-order valence-corrected chi connectivity index (χ0v) is 19.8. The first-order valence-electron chi connectivity index (χ1n) is 12.1. The molecule has 3 aliphatic heterocycles. The summed E-state index contributed by atoms with van der Waals surface area (Å²) in [7, 11) is 0. The number of anilines is 3. The van der Waals surface area contributed by atoms with Crippen molar-refractivity contribution < 1.29 is 19.1 Å². The second-order valence-corrected chi connectivity index (χ2v) is 8.97. The Kier molecular flexibility index (Phi) is 6.69. The van der Waals surface area contributed by atoms with Gasteiger partial charge in [0.2, 0.25) is 0 Å². The standard InChI is InChI=1S/C24H31N7O4/c1-2-18-22(27-14-5-9-34-10-6-14)30-23(20(29-18)21(25)32)28-15-3-4-19-17(11-15)24(33)31-8-7-26-12-16(31)13-35-19/h3-4,11,14,16,26H,2,5-10,12-13H2,1H3,(H2,25,32)(H2,27,28,30). The van der Waals surface area contributed by atoms with Crippen molar-refractivity contribution in [1.82, 2.24) is 20.2 Å². The molecule has 1 aromatic heterocycles. The summed E-state index contributed by atoms with van der Waals surface area (Å²) in [6, 6.07) is 5.49. The van der Waals surface area contributed by atoms with Crippen LogP contribution in [0.2, 0.25) is 0 Å². The lowest BCUT2D eigenvalue weighted by Crippen LogP contribution is -2.54. The summed E-state index contributed by atoms with van der Waals surface area (Å²) in [5, 5.41) is 9.93. The third-order valence-corrected chi connectivity index (χ3v) is 6.61. The lowest BCUT2D eigenvalue weighted by Gasteiger charge is -2.33. The van der Waals surface area contributed by atoms with E-state index in [1.807, 2.05) is 11.8 Å². The van der Waals surface area contributed by atoms with Crippen LogP contribution in [-0.2, 0) is 11.2 Å². The number of primary amides is 1. The molecule has 3 aliphatic rings. The van der Waals surface area contributed by atoms with E-state index in [-0.39, 0.29) is 29.5 Å². The molecule has 11 nitrogen and oxygen atoms in total. The van der Waals surface area contributed by atoms with Crippen LogP contribution in [0.25, 0.3) is 0 Å². The van der Waals surface area contributed by atoms with Gasteiger partial charge in [0.05, 0.1) is 17.3 Å². The Hall–Kier alpha value is -3.44. The normalized spacial score (nSPS) is 20.3. The number of hydrogen-bond donors (Lipinski definition) is 4. The predicted molar refractivity (Wildman–Crippen MR) is 130 cm³/mol. The highest BCUT2D eigenvalue weighted by Crippen LogP contribution is 2.31. The van der Waals surface area contributed by atoms with Crippen molar-refractivity contribution >= 4 is 29.1 Å². The highest BCUT2D eigenvalue weighted by atomic mass is 16.5. The van der Waals surface area contributed by atoms with Gasteiger partial charge in [-0.3, -0.25) is 9.59 Å². The first-order chi connectivity index (χ1) is 17.0. The second kappa shape index (κ2) is 10.0. The molecule has 1 atom stereocenters. The van der Waals surface area contributed by atoms with Crippen LogP contribution in [0.1, 0.15) is 46.3 Å². The van der Waals surface area contributed by atoms with Gasteiger partial charge in [-0.25, -0.2) is 9.97 Å². The van der Waals surface area contributed by atoms with Gasteiger partial charge in [-0.05, 0) is 37.5 Å². The molecule has 2 fully saturated rings. The minimum absolute atomic E-state index is 0.00667. The third kappa shape index (κ3) is 4.87. The topological polar surface area (TPSA) is 144 Å². The number of piperazine rings is 1. The van der Waals surface area contributed by atoms with Crippen LogP contribution in [0.5, 0.6) is 5.75 Å². The molecule has 1 unspecified atom stereocenters. The van der Waals surface area contributed by atoms with E-state index in [1.54, 1.807) is 18.2 Å². The summed E-state index contributed by atoms with van der Waals surface area (Å²) in [5.41, 5.74) is 7.44. The molecule has 11 heteroatoms. The van der Waals surface area contributed by atoms with Gasteiger partial charge in [0.1, 0.15) is 12.4 Å². The van der Waals surface area contributed by atoms with E-state index in [0.29, 0.717) is 67.8 Å². The van der Waals surface area contributed by atoms with E-state index in [0.717, 1.165) is 19.4 Å². The zero-order chi connectivity index (χ0) is 24.4. The summed E-state index contributed by atoms with van der Waals surface area (Å²) in [5.74, 6) is 0.651. The van der Waals surface area contributed by atoms with Crippen molar-refractivity contribution in [2.45, 2.75) is 38.3 Å². The summed E-state index contributed by atoms with van der Waals surface area (Å²) >= 11 is 0. The number of amides is 2. The lowest BCUT2D eigenvalue weighted by atomic mass is 10.1. The first-order valence-corrected chi connectivity index (χ1v) is 12.1. The molecule has 2 amide bonds. The molecule has 5 N–H and O–H groups in total. The Bertz CT molecular complexity index is 1120. The molecule has 0 saturated carbocycles. The molecular weight excluding hydrogens is 450 g/mol. The SMILES string of the molecule is CCc1nc(C(N)=O)c(Nc2ccc3c(c2)C(=O)N2CCNCC2CO3)nc1NC1CCOCC1. The number of benzene rings is 1. The maximum Gasteiger partial charge on any atom is 0.271 e. The number of aryl methyl sites for hydroxylation is 1. The Balaban J connectivity index is 1.45. The van der Waals surface area contributed by atoms with Gasteiger partial charge in [0.15, 0.2) is 17.3 Å². The van der Waals surface area contributed by atoms with E-state index >= 15 is 0 Å². The van der Waals surface area contributed by atoms with E-state index in [9.17, 15) is 9.59 Å². The van der Waals surface area contributed by atoms with Crippen LogP contribution in [0, 0.1) is 0 Å². The van der Waals surface area contributed by atoms with Crippen LogP contribution in [0.4, 0.5) is 17.3 Å². The summed E-state index contributed by atoms with van der Waals surface area (Å²) < 4.78 is 11.4. The minimum Gasteiger partial charge on any atom is -0.491 e. The van der Waals surface area contributed by atoms with Crippen molar-refractivity contribution in [3.05, 3.63) is 35.2 Å². The molecule has 2 aromatic rings. The summed E-state index contributed by atoms with van der Waals surface area (Å²) in [6.07, 6.45) is 2.33. The average Bonchev–Trinajstić information content (AvgIpc) is 3.01. The number of carbonyl (C=O) groups excluding carboxylic acids is 2. The van der Waals surface area contributed by atoms with Crippen molar-refractivity contribution in [3.8, 4) is 5.75 Å². The molecule has 0 spiro atoms. The van der Waals surface area contributed by atoms with Gasteiger partial charge < -0.3 is 36.1 Å². The van der Waals surface area contributed by atoms with Crippen LogP contribution in [-0.4, -0.2) is 78.2 Å². The number of fused-ring (bicyclic) bond motifs is 2. The van der Waals surface area contributed by atoms with Crippen LogP contribution in [0.3, 0.4) is 0 Å². The maximum atomic E-state index is 13.3. The Morgan fingerprint density at radius 3 is 2.86 bits per heavy atom. The predicted octanol–water partition coefficient (Wildman–Crippen LogP) is 1.28. The van der Waals surface area contributed by atoms with Crippen molar-refractivity contribution in [1.29, 1.82) is 0 Å². The Morgan fingerprint density at radius 1 is 1.26 bits per heavy atom. The van der Waals surface area contributed by atoms with E-state index < -0.39 is 5.91 Å². The fraction of sp³-hybridized carbons (Fsp3) is 0.500. The van der Waals surface area contributed by atoms with Crippen LogP contribution >= 0.6 is 0 Å². The lowest BCUT2D eigenvalue weighted by molar-refractivity contribution is 0.0606. The number of ether oxygens (including phenoxy) is 2. The van der Waals surface area contributed by atoms with Gasteiger partial charge in [0, 0.05) is 44.6 Å². The van der Waals surface area contributed by atoms with Gasteiger partial charge >= 0.3 is 0 Å². The highest BCUT2D eigenvalue weighted by molar-refractivity contribution is 5.99. The van der Waals surface area contributed by atoms with Crippen molar-refractivity contribution in [2.75, 3.05) is 50.1 Å². The largest absolute Gasteiger partial charge is 0.491 e. The number of nitrogens with zero attached hydrogens (tertiary/aromatic N) is 3. The number of rotatable bonds is 6. The minimum atomic E-state index is -0.676. The molecule has 0 radical (unpaired) electrons. The fourth-order valence-corrected chi connectivity index (χ4v) is 4.68. The monoisotopic (exact) mass is 481 g/mol. The third-order valence-electron chi connectivity index (χ3n) is 6.61. The smallest absolute Gasteiger partial charge is 0.271 e. The van der Waals surface area contributed by atoms with Crippen molar-refractivity contribution in [2.24, 2.45) is 5.73 Å². The molecule has 186 valence electrons. The van der Waals surface area contributed by atoms with Gasteiger partial charge in [0.25, 0.3) is 11.8 Å².